The van der Waals surface area contributed by atoms with Crippen LogP contribution in [0.1, 0.15) is 36.0 Å². The fourth-order valence-corrected chi connectivity index (χ4v) is 3.88. The first-order valence-electron chi connectivity index (χ1n) is 8.29. The quantitative estimate of drug-likeness (QED) is 0.879. The van der Waals surface area contributed by atoms with Gasteiger partial charge in [-0.25, -0.2) is 0 Å². The van der Waals surface area contributed by atoms with Crippen molar-refractivity contribution < 1.29 is 9.53 Å². The molecule has 1 aliphatic heterocycles. The summed E-state index contributed by atoms with van der Waals surface area (Å²) in [6.45, 7) is 1.18. The van der Waals surface area contributed by atoms with E-state index in [9.17, 15) is 9.59 Å². The number of nitrogens with one attached hydrogen (secondary N) is 1. The summed E-state index contributed by atoms with van der Waals surface area (Å²) in [6, 6.07) is 9.03. The molecule has 0 radical (unpaired) electrons. The predicted octanol–water partition coefficient (Wildman–Crippen LogP) is 2.31. The topological polar surface area (TPSA) is 62.4 Å². The number of H-pyrrole nitrogens is 1. The molecule has 2 aliphatic rings. The van der Waals surface area contributed by atoms with Gasteiger partial charge in [-0.3, -0.25) is 9.59 Å². The third-order valence-corrected chi connectivity index (χ3v) is 4.97. The summed E-state index contributed by atoms with van der Waals surface area (Å²) in [5.74, 6) is -0.0486. The van der Waals surface area contributed by atoms with E-state index in [1.807, 2.05) is 29.2 Å². The van der Waals surface area contributed by atoms with Crippen molar-refractivity contribution in [3.8, 4) is 0 Å². The van der Waals surface area contributed by atoms with Gasteiger partial charge in [-0.1, -0.05) is 31.0 Å². The SMILES string of the molecule is O=C(c1cc(=O)[nH]c2ccccc12)N1CCO[C@@H]2CCCC[C@H]21. The van der Waals surface area contributed by atoms with Gasteiger partial charge in [0.05, 0.1) is 24.3 Å². The lowest BCUT2D eigenvalue weighted by Crippen LogP contribution is -2.54. The molecule has 0 spiro atoms. The molecule has 120 valence electrons. The van der Waals surface area contributed by atoms with Crippen LogP contribution in [0.5, 0.6) is 0 Å². The van der Waals surface area contributed by atoms with Crippen molar-refractivity contribution in [2.75, 3.05) is 13.2 Å². The number of carbonyl (C=O) groups excluding carboxylic acids is 1. The smallest absolute Gasteiger partial charge is 0.255 e. The summed E-state index contributed by atoms with van der Waals surface area (Å²) in [5, 5.41) is 0.802. The number of nitrogens with zero attached hydrogens (tertiary/aromatic N) is 1. The molecule has 5 heteroatoms. The number of benzene rings is 1. The zero-order valence-corrected chi connectivity index (χ0v) is 13.0. The van der Waals surface area contributed by atoms with Crippen LogP contribution in [0.4, 0.5) is 0 Å². The second-order valence-electron chi connectivity index (χ2n) is 6.35. The number of para-hydroxylation sites is 1. The van der Waals surface area contributed by atoms with Gasteiger partial charge in [0.2, 0.25) is 5.56 Å². The molecule has 2 heterocycles. The third-order valence-electron chi connectivity index (χ3n) is 4.97. The van der Waals surface area contributed by atoms with E-state index < -0.39 is 0 Å². The molecule has 5 nitrogen and oxygen atoms in total. The minimum Gasteiger partial charge on any atom is -0.374 e. The molecule has 1 N–H and O–H groups in total. The Morgan fingerprint density at radius 1 is 1.22 bits per heavy atom. The number of aromatic amines is 1. The third kappa shape index (κ3) is 2.55. The van der Waals surface area contributed by atoms with Crippen molar-refractivity contribution in [2.24, 2.45) is 0 Å². The van der Waals surface area contributed by atoms with E-state index in [0.29, 0.717) is 24.2 Å². The van der Waals surface area contributed by atoms with Crippen LogP contribution in [0.3, 0.4) is 0 Å². The van der Waals surface area contributed by atoms with Crippen LogP contribution in [0.2, 0.25) is 0 Å². The van der Waals surface area contributed by atoms with Gasteiger partial charge < -0.3 is 14.6 Å². The predicted molar refractivity (Wildman–Crippen MR) is 87.6 cm³/mol. The van der Waals surface area contributed by atoms with Gasteiger partial charge in [-0.15, -0.1) is 0 Å². The largest absolute Gasteiger partial charge is 0.374 e. The number of morpholine rings is 1. The molecule has 2 atom stereocenters. The molecule has 1 saturated heterocycles. The number of amides is 1. The summed E-state index contributed by atoms with van der Waals surface area (Å²) in [4.78, 5) is 29.8. The van der Waals surface area contributed by atoms with Crippen LogP contribution < -0.4 is 5.56 Å². The Kier molecular flexibility index (Phi) is 3.65. The van der Waals surface area contributed by atoms with Crippen molar-refractivity contribution in [1.82, 2.24) is 9.88 Å². The van der Waals surface area contributed by atoms with E-state index in [1.165, 1.54) is 6.07 Å². The molecule has 4 rings (SSSR count). The summed E-state index contributed by atoms with van der Waals surface area (Å²) in [5.41, 5.74) is 0.966. The average Bonchev–Trinajstić information content (AvgIpc) is 2.60. The summed E-state index contributed by atoms with van der Waals surface area (Å²) in [7, 11) is 0. The fraction of sp³-hybridized carbons (Fsp3) is 0.444. The second-order valence-corrected chi connectivity index (χ2v) is 6.35. The molecule has 23 heavy (non-hydrogen) atoms. The lowest BCUT2D eigenvalue weighted by Gasteiger charge is -2.43. The summed E-state index contributed by atoms with van der Waals surface area (Å²) >= 11 is 0. The fourth-order valence-electron chi connectivity index (χ4n) is 3.88. The maximum Gasteiger partial charge on any atom is 0.255 e. The maximum absolute atomic E-state index is 13.1. The van der Waals surface area contributed by atoms with Gasteiger partial charge in [0.15, 0.2) is 0 Å². The highest BCUT2D eigenvalue weighted by atomic mass is 16.5. The normalized spacial score (nSPS) is 24.4. The van der Waals surface area contributed by atoms with Crippen LogP contribution in [0.25, 0.3) is 10.9 Å². The Labute approximate surface area is 134 Å². The first-order valence-corrected chi connectivity index (χ1v) is 8.29. The number of fused-ring (bicyclic) bond motifs is 2. The van der Waals surface area contributed by atoms with Gasteiger partial charge in [-0.2, -0.15) is 0 Å². The average molecular weight is 312 g/mol. The van der Waals surface area contributed by atoms with E-state index in [4.69, 9.17) is 4.74 Å². The first kappa shape index (κ1) is 14.5. The van der Waals surface area contributed by atoms with Crippen LogP contribution in [-0.4, -0.2) is 41.1 Å². The van der Waals surface area contributed by atoms with Gasteiger partial charge in [0, 0.05) is 23.5 Å². The number of aromatic nitrogens is 1. The summed E-state index contributed by atoms with van der Waals surface area (Å²) in [6.07, 6.45) is 4.44. The van der Waals surface area contributed by atoms with E-state index >= 15 is 0 Å². The number of carbonyl (C=O) groups is 1. The summed E-state index contributed by atoms with van der Waals surface area (Å²) < 4.78 is 5.85. The van der Waals surface area contributed by atoms with Gasteiger partial charge in [0.1, 0.15) is 0 Å². The Bertz CT molecular complexity index is 796. The van der Waals surface area contributed by atoms with Crippen molar-refractivity contribution in [1.29, 1.82) is 0 Å². The molecule has 1 aromatic heterocycles. The number of hydrogen-bond acceptors (Lipinski definition) is 3. The van der Waals surface area contributed by atoms with E-state index in [-0.39, 0.29) is 23.6 Å². The number of hydrogen-bond donors (Lipinski definition) is 1. The zero-order chi connectivity index (χ0) is 15.8. The van der Waals surface area contributed by atoms with Gasteiger partial charge >= 0.3 is 0 Å². The standard InChI is InChI=1S/C18H20N2O3/c21-17-11-13(12-5-1-2-6-14(12)19-17)18(22)20-9-10-23-16-8-4-3-7-15(16)20/h1-2,5-6,11,15-16H,3-4,7-10H2,(H,19,21)/t15-,16-/m1/s1. The van der Waals surface area contributed by atoms with Crippen LogP contribution >= 0.6 is 0 Å². The second kappa shape index (κ2) is 5.81. The highest BCUT2D eigenvalue weighted by molar-refractivity contribution is 6.06. The minimum atomic E-state index is -0.236. The van der Waals surface area contributed by atoms with Crippen LogP contribution in [0, 0.1) is 0 Å². The Hall–Kier alpha value is -2.14. The van der Waals surface area contributed by atoms with Crippen molar-refractivity contribution >= 4 is 16.8 Å². The minimum absolute atomic E-state index is 0.0486. The Morgan fingerprint density at radius 3 is 2.96 bits per heavy atom. The number of ether oxygens (including phenoxy) is 1. The molecule has 1 aliphatic carbocycles. The van der Waals surface area contributed by atoms with Crippen LogP contribution in [-0.2, 0) is 4.74 Å². The van der Waals surface area contributed by atoms with Gasteiger partial charge in [0.25, 0.3) is 5.91 Å². The van der Waals surface area contributed by atoms with E-state index in [0.717, 1.165) is 31.1 Å². The highest BCUT2D eigenvalue weighted by Crippen LogP contribution is 2.30. The highest BCUT2D eigenvalue weighted by Gasteiger charge is 2.37. The Balaban J connectivity index is 1.75. The van der Waals surface area contributed by atoms with E-state index in [1.54, 1.807) is 0 Å². The lowest BCUT2D eigenvalue weighted by molar-refractivity contribution is -0.0752. The first-order chi connectivity index (χ1) is 11.2. The zero-order valence-electron chi connectivity index (χ0n) is 13.0. The molecular weight excluding hydrogens is 292 g/mol. The van der Waals surface area contributed by atoms with Crippen molar-refractivity contribution in [3.63, 3.8) is 0 Å². The molecule has 1 aromatic carbocycles. The molecule has 2 aromatic rings. The molecular formula is C18H20N2O3. The Morgan fingerprint density at radius 2 is 2.04 bits per heavy atom. The van der Waals surface area contributed by atoms with Crippen LogP contribution in [0.15, 0.2) is 35.1 Å². The van der Waals surface area contributed by atoms with Gasteiger partial charge in [-0.05, 0) is 18.9 Å². The van der Waals surface area contributed by atoms with Crippen molar-refractivity contribution in [2.45, 2.75) is 37.8 Å². The number of rotatable bonds is 1. The lowest BCUT2D eigenvalue weighted by atomic mass is 9.89. The monoisotopic (exact) mass is 312 g/mol. The van der Waals surface area contributed by atoms with Crippen molar-refractivity contribution in [3.05, 3.63) is 46.2 Å². The maximum atomic E-state index is 13.1. The molecule has 1 saturated carbocycles. The molecule has 0 bridgehead atoms. The van der Waals surface area contributed by atoms with E-state index in [2.05, 4.69) is 4.98 Å². The molecule has 1 amide bonds. The molecule has 0 unspecified atom stereocenters. The molecule has 2 fully saturated rings. The number of pyridine rings is 1.